The van der Waals surface area contributed by atoms with Gasteiger partial charge in [0.05, 0.1) is 31.3 Å². The number of nitrogens with two attached hydrogens (primary N) is 1. The number of hydrogen-bond acceptors (Lipinski definition) is 10. The zero-order valence-corrected chi connectivity index (χ0v) is 25.5. The Morgan fingerprint density at radius 2 is 1.82 bits per heavy atom. The predicted molar refractivity (Wildman–Crippen MR) is 153 cm³/mol. The van der Waals surface area contributed by atoms with Crippen molar-refractivity contribution >= 4 is 36.2 Å². The van der Waals surface area contributed by atoms with E-state index in [2.05, 4.69) is 52.9 Å². The highest BCUT2D eigenvalue weighted by atomic mass is 31.2. The summed E-state index contributed by atoms with van der Waals surface area (Å²) in [6, 6.07) is 0. The fourth-order valence-corrected chi connectivity index (χ4v) is 5.64. The monoisotopic (exact) mass is 567 g/mol. The fraction of sp³-hybridized carbons (Fsp3) is 0.731. The van der Waals surface area contributed by atoms with Crippen LogP contribution in [0.25, 0.3) is 11.2 Å². The molecule has 220 valence electrons. The number of carbonyl (C=O) groups excluding carboxylic acids is 1. The van der Waals surface area contributed by atoms with Crippen LogP contribution in [0.5, 0.6) is 0 Å². The lowest BCUT2D eigenvalue weighted by atomic mass is 9.99. The second-order valence-electron chi connectivity index (χ2n) is 11.3. The predicted octanol–water partition coefficient (Wildman–Crippen LogP) is 5.14. The second-order valence-corrected chi connectivity index (χ2v) is 13.3. The Labute approximate surface area is 232 Å². The van der Waals surface area contributed by atoms with Crippen LogP contribution in [0.4, 0.5) is 5.82 Å². The summed E-state index contributed by atoms with van der Waals surface area (Å²) in [4.78, 5) is 25.3. The van der Waals surface area contributed by atoms with Gasteiger partial charge in [-0.05, 0) is 51.9 Å². The lowest BCUT2D eigenvalue weighted by Gasteiger charge is -2.29. The van der Waals surface area contributed by atoms with Crippen LogP contribution < -0.4 is 10.8 Å². The minimum Gasteiger partial charge on any atom is -0.464 e. The summed E-state index contributed by atoms with van der Waals surface area (Å²) in [5.74, 6) is 0.465. The molecule has 39 heavy (non-hydrogen) atoms. The SMILES string of the molecule is CCCCOC(=O)C(C)(C)N[P@](=O)(CO[C@H](C)Cn1cnc2c(N)ncnc21)ON=C(CC(C)C)CC(C)C. The average Bonchev–Trinajstić information content (AvgIpc) is 3.24. The van der Waals surface area contributed by atoms with Crippen molar-refractivity contribution in [2.24, 2.45) is 17.0 Å². The number of nitrogens with zero attached hydrogens (tertiary/aromatic N) is 5. The first-order valence-electron chi connectivity index (χ1n) is 13.6. The van der Waals surface area contributed by atoms with Gasteiger partial charge in [0.2, 0.25) is 0 Å². The molecule has 0 aliphatic heterocycles. The highest BCUT2D eigenvalue weighted by molar-refractivity contribution is 7.56. The van der Waals surface area contributed by atoms with Gasteiger partial charge in [0.15, 0.2) is 11.5 Å². The molecule has 0 bridgehead atoms. The Morgan fingerprint density at radius 1 is 1.15 bits per heavy atom. The molecule has 2 atom stereocenters. The van der Waals surface area contributed by atoms with Gasteiger partial charge in [-0.3, -0.25) is 9.36 Å². The Balaban J connectivity index is 2.22. The van der Waals surface area contributed by atoms with Crippen molar-refractivity contribution in [2.75, 3.05) is 18.7 Å². The molecule has 2 aromatic heterocycles. The summed E-state index contributed by atoms with van der Waals surface area (Å²) in [7, 11) is -3.81. The number of hydrogen-bond donors (Lipinski definition) is 2. The Kier molecular flexibility index (Phi) is 12.3. The average molecular weight is 568 g/mol. The largest absolute Gasteiger partial charge is 0.464 e. The molecule has 2 heterocycles. The number of nitrogen functional groups attached to an aromatic ring is 1. The summed E-state index contributed by atoms with van der Waals surface area (Å²) in [6.45, 7) is 16.1. The van der Waals surface area contributed by atoms with Crippen LogP contribution >= 0.6 is 7.52 Å². The van der Waals surface area contributed by atoms with E-state index in [1.54, 1.807) is 24.7 Å². The number of ether oxygens (including phenoxy) is 2. The summed E-state index contributed by atoms with van der Waals surface area (Å²) >= 11 is 0. The highest BCUT2D eigenvalue weighted by Crippen LogP contribution is 2.46. The minimum absolute atomic E-state index is 0.289. The molecule has 0 unspecified atom stereocenters. The number of fused-ring (bicyclic) bond motifs is 1. The molecule has 13 heteroatoms. The van der Waals surface area contributed by atoms with Crippen LogP contribution in [0.3, 0.4) is 0 Å². The van der Waals surface area contributed by atoms with E-state index in [4.69, 9.17) is 19.8 Å². The molecular formula is C26H46N7O5P. The van der Waals surface area contributed by atoms with Gasteiger partial charge in [-0.2, -0.15) is 0 Å². The van der Waals surface area contributed by atoms with Gasteiger partial charge in [0, 0.05) is 0 Å². The Morgan fingerprint density at radius 3 is 2.44 bits per heavy atom. The standard InChI is InChI=1S/C26H46N7O5P/c1-9-10-11-36-25(34)26(7,8)32-39(35,38-31-21(12-18(2)3)13-19(4)5)17-37-20(6)14-33-16-30-22-23(27)28-15-29-24(22)33/h15-16,18-20H,9-14,17H2,1-8H3,(H,32,35)(H2,27,28,29)/t20-,39+/m1/s1. The van der Waals surface area contributed by atoms with E-state index in [-0.39, 0.29) is 13.0 Å². The number of nitrogens with one attached hydrogen (secondary N) is 1. The smallest absolute Gasteiger partial charge is 0.365 e. The molecule has 0 spiro atoms. The van der Waals surface area contributed by atoms with Crippen molar-refractivity contribution in [2.45, 2.75) is 99.3 Å². The second kappa shape index (κ2) is 14.7. The van der Waals surface area contributed by atoms with Gasteiger partial charge in [0.25, 0.3) is 0 Å². The third kappa shape index (κ3) is 10.5. The summed E-state index contributed by atoms with van der Waals surface area (Å²) < 4.78 is 32.9. The lowest BCUT2D eigenvalue weighted by Crippen LogP contribution is -2.47. The van der Waals surface area contributed by atoms with Crippen LogP contribution in [0.2, 0.25) is 0 Å². The van der Waals surface area contributed by atoms with Gasteiger partial charge in [-0.15, -0.1) is 0 Å². The molecule has 0 aliphatic rings. The van der Waals surface area contributed by atoms with Crippen LogP contribution in [0.15, 0.2) is 17.8 Å². The molecule has 3 N–H and O–H groups in total. The van der Waals surface area contributed by atoms with Crippen molar-refractivity contribution in [3.63, 3.8) is 0 Å². The first-order chi connectivity index (χ1) is 18.3. The molecule has 0 saturated carbocycles. The fourth-order valence-electron chi connectivity index (χ4n) is 3.85. The van der Waals surface area contributed by atoms with Gasteiger partial charge in [-0.1, -0.05) is 46.2 Å². The van der Waals surface area contributed by atoms with Gasteiger partial charge in [0.1, 0.15) is 23.7 Å². The molecule has 0 aliphatic carbocycles. The molecular weight excluding hydrogens is 521 g/mol. The van der Waals surface area contributed by atoms with E-state index in [0.29, 0.717) is 48.2 Å². The molecule has 2 rings (SSSR count). The van der Waals surface area contributed by atoms with Crippen molar-refractivity contribution in [1.82, 2.24) is 24.6 Å². The van der Waals surface area contributed by atoms with Gasteiger partial charge >= 0.3 is 13.5 Å². The number of anilines is 1. The number of imidazole rings is 1. The molecule has 2 aromatic rings. The van der Waals surface area contributed by atoms with Gasteiger partial charge in [-0.25, -0.2) is 20.0 Å². The van der Waals surface area contributed by atoms with Crippen LogP contribution in [0, 0.1) is 11.8 Å². The minimum atomic E-state index is -3.81. The van der Waals surface area contributed by atoms with Crippen molar-refractivity contribution < 1.29 is 23.5 Å². The molecule has 0 amide bonds. The maximum Gasteiger partial charge on any atom is 0.365 e. The summed E-state index contributed by atoms with van der Waals surface area (Å²) in [6.07, 6.45) is 5.30. The van der Waals surface area contributed by atoms with E-state index in [1.807, 2.05) is 13.8 Å². The third-order valence-corrected chi connectivity index (χ3v) is 7.43. The number of oxime groups is 1. The van der Waals surface area contributed by atoms with E-state index >= 15 is 0 Å². The molecule has 0 aromatic carbocycles. The maximum atomic E-state index is 14.1. The van der Waals surface area contributed by atoms with E-state index < -0.39 is 25.1 Å². The zero-order chi connectivity index (χ0) is 29.2. The Hall–Kier alpha value is -2.56. The maximum absolute atomic E-state index is 14.1. The third-order valence-electron chi connectivity index (χ3n) is 5.69. The molecule has 12 nitrogen and oxygen atoms in total. The highest BCUT2D eigenvalue weighted by Gasteiger charge is 2.40. The van der Waals surface area contributed by atoms with Crippen molar-refractivity contribution in [1.29, 1.82) is 0 Å². The summed E-state index contributed by atoms with van der Waals surface area (Å²) in [5, 5.41) is 7.19. The van der Waals surface area contributed by atoms with E-state index in [1.165, 1.54) is 6.33 Å². The van der Waals surface area contributed by atoms with E-state index in [0.717, 1.165) is 18.6 Å². The van der Waals surface area contributed by atoms with Gasteiger partial charge < -0.3 is 24.4 Å². The molecule has 0 radical (unpaired) electrons. The van der Waals surface area contributed by atoms with Crippen molar-refractivity contribution in [3.8, 4) is 0 Å². The first kappa shape index (κ1) is 32.7. The van der Waals surface area contributed by atoms with Crippen LogP contribution in [-0.2, 0) is 30.0 Å². The number of unbranched alkanes of at least 4 members (excludes halogenated alkanes) is 1. The topological polar surface area (TPSA) is 156 Å². The Bertz CT molecular complexity index is 1140. The van der Waals surface area contributed by atoms with Crippen molar-refractivity contribution in [3.05, 3.63) is 12.7 Å². The summed E-state index contributed by atoms with van der Waals surface area (Å²) in [5.41, 5.74) is 6.47. The van der Waals surface area contributed by atoms with E-state index in [9.17, 15) is 9.36 Å². The quantitative estimate of drug-likeness (QED) is 0.0862. The first-order valence-corrected chi connectivity index (χ1v) is 15.4. The lowest BCUT2D eigenvalue weighted by molar-refractivity contribution is -0.149. The molecule has 0 fully saturated rings. The normalized spacial score (nSPS) is 14.4. The molecule has 0 saturated heterocycles. The number of carbonyl (C=O) groups is 1. The van der Waals surface area contributed by atoms with Crippen LogP contribution in [-0.4, -0.2) is 55.8 Å². The number of aromatic nitrogens is 4. The number of esters is 1. The number of rotatable bonds is 17. The van der Waals surface area contributed by atoms with Crippen LogP contribution in [0.1, 0.15) is 81.1 Å². The zero-order valence-electron chi connectivity index (χ0n) is 24.6.